The van der Waals surface area contributed by atoms with Gasteiger partial charge in [0.15, 0.2) is 0 Å². The second-order valence-electron chi connectivity index (χ2n) is 5.12. The molecule has 1 aromatic rings. The molecular formula is C15H21FN2O3. The summed E-state index contributed by atoms with van der Waals surface area (Å²) in [5, 5.41) is 11.9. The Morgan fingerprint density at radius 3 is 2.81 bits per heavy atom. The average Bonchev–Trinajstić information content (AvgIpc) is 2.50. The van der Waals surface area contributed by atoms with Gasteiger partial charge in [0.05, 0.1) is 12.3 Å². The molecule has 0 aliphatic carbocycles. The number of halogens is 1. The largest absolute Gasteiger partial charge is 0.492 e. The van der Waals surface area contributed by atoms with Gasteiger partial charge in [-0.2, -0.15) is 0 Å². The molecule has 1 saturated heterocycles. The summed E-state index contributed by atoms with van der Waals surface area (Å²) >= 11 is 0. The number of amides is 2. The normalized spacial score (nSPS) is 15.9. The van der Waals surface area contributed by atoms with Gasteiger partial charge in [-0.3, -0.25) is 0 Å². The highest BCUT2D eigenvalue weighted by Crippen LogP contribution is 2.26. The summed E-state index contributed by atoms with van der Waals surface area (Å²) in [7, 11) is 0. The minimum Gasteiger partial charge on any atom is -0.492 e. The predicted octanol–water partition coefficient (Wildman–Crippen LogP) is 2.46. The van der Waals surface area contributed by atoms with Crippen molar-refractivity contribution in [3.05, 3.63) is 24.0 Å². The third kappa shape index (κ3) is 4.07. The first-order valence-electron chi connectivity index (χ1n) is 7.23. The van der Waals surface area contributed by atoms with Crippen LogP contribution in [0.2, 0.25) is 0 Å². The molecule has 0 radical (unpaired) electrons. The van der Waals surface area contributed by atoms with Crippen molar-refractivity contribution < 1.29 is 19.0 Å². The SMILES string of the molecule is CCOc1cc(F)ccc1NC(=O)N1CCC(CO)CC1. The highest BCUT2D eigenvalue weighted by molar-refractivity contribution is 5.91. The molecule has 5 nitrogen and oxygen atoms in total. The molecule has 0 saturated carbocycles. The summed E-state index contributed by atoms with van der Waals surface area (Å²) < 4.78 is 18.6. The summed E-state index contributed by atoms with van der Waals surface area (Å²) in [6.07, 6.45) is 1.59. The van der Waals surface area contributed by atoms with Crippen molar-refractivity contribution in [2.75, 3.05) is 31.6 Å². The summed E-state index contributed by atoms with van der Waals surface area (Å²) in [6, 6.07) is 3.82. The van der Waals surface area contributed by atoms with E-state index in [-0.39, 0.29) is 18.6 Å². The zero-order chi connectivity index (χ0) is 15.2. The third-order valence-electron chi connectivity index (χ3n) is 3.65. The number of anilines is 1. The molecule has 2 N–H and O–H groups in total. The lowest BCUT2D eigenvalue weighted by atomic mass is 9.98. The van der Waals surface area contributed by atoms with Crippen molar-refractivity contribution in [3.63, 3.8) is 0 Å². The van der Waals surface area contributed by atoms with E-state index >= 15 is 0 Å². The van der Waals surface area contributed by atoms with E-state index in [1.54, 1.807) is 11.8 Å². The monoisotopic (exact) mass is 296 g/mol. The number of ether oxygens (including phenoxy) is 1. The number of piperidine rings is 1. The molecule has 0 atom stereocenters. The Hall–Kier alpha value is -1.82. The average molecular weight is 296 g/mol. The number of urea groups is 1. The van der Waals surface area contributed by atoms with E-state index in [1.807, 2.05) is 0 Å². The van der Waals surface area contributed by atoms with Crippen molar-refractivity contribution in [1.82, 2.24) is 4.90 Å². The number of hydrogen-bond donors (Lipinski definition) is 2. The number of carbonyl (C=O) groups excluding carboxylic acids is 1. The van der Waals surface area contributed by atoms with E-state index in [1.165, 1.54) is 18.2 Å². The van der Waals surface area contributed by atoms with Crippen LogP contribution in [-0.4, -0.2) is 42.3 Å². The molecule has 2 amide bonds. The quantitative estimate of drug-likeness (QED) is 0.897. The number of carbonyl (C=O) groups is 1. The summed E-state index contributed by atoms with van der Waals surface area (Å²) in [5.41, 5.74) is 0.465. The fraction of sp³-hybridized carbons (Fsp3) is 0.533. The molecule has 0 unspecified atom stereocenters. The minimum absolute atomic E-state index is 0.169. The Balaban J connectivity index is 1.99. The van der Waals surface area contributed by atoms with Gasteiger partial charge in [-0.15, -0.1) is 0 Å². The van der Waals surface area contributed by atoms with Gasteiger partial charge in [-0.1, -0.05) is 0 Å². The van der Waals surface area contributed by atoms with Crippen molar-refractivity contribution in [2.45, 2.75) is 19.8 Å². The van der Waals surface area contributed by atoms with E-state index in [2.05, 4.69) is 5.32 Å². The van der Waals surface area contributed by atoms with Crippen LogP contribution in [0.4, 0.5) is 14.9 Å². The third-order valence-corrected chi connectivity index (χ3v) is 3.65. The molecule has 1 aliphatic rings. The molecule has 1 aromatic carbocycles. The Labute approximate surface area is 123 Å². The summed E-state index contributed by atoms with van der Waals surface area (Å²) in [5.74, 6) is 0.204. The lowest BCUT2D eigenvalue weighted by molar-refractivity contribution is 0.143. The number of nitrogens with zero attached hydrogens (tertiary/aromatic N) is 1. The van der Waals surface area contributed by atoms with Gasteiger partial charge in [0.1, 0.15) is 11.6 Å². The maximum Gasteiger partial charge on any atom is 0.321 e. The van der Waals surface area contributed by atoms with E-state index in [0.717, 1.165) is 12.8 Å². The number of hydrogen-bond acceptors (Lipinski definition) is 3. The number of aliphatic hydroxyl groups is 1. The molecule has 0 bridgehead atoms. The topological polar surface area (TPSA) is 61.8 Å². The van der Waals surface area contributed by atoms with Crippen molar-refractivity contribution >= 4 is 11.7 Å². The van der Waals surface area contributed by atoms with Crippen LogP contribution < -0.4 is 10.1 Å². The van der Waals surface area contributed by atoms with Crippen LogP contribution in [0.5, 0.6) is 5.75 Å². The predicted molar refractivity (Wildman–Crippen MR) is 78.0 cm³/mol. The van der Waals surface area contributed by atoms with Gasteiger partial charge in [-0.25, -0.2) is 9.18 Å². The van der Waals surface area contributed by atoms with Crippen molar-refractivity contribution in [2.24, 2.45) is 5.92 Å². The van der Waals surface area contributed by atoms with Gasteiger partial charge in [0, 0.05) is 25.8 Å². The van der Waals surface area contributed by atoms with E-state index in [0.29, 0.717) is 31.1 Å². The van der Waals surface area contributed by atoms with Gasteiger partial charge < -0.3 is 20.1 Å². The van der Waals surface area contributed by atoms with Crippen LogP contribution in [0.3, 0.4) is 0 Å². The molecular weight excluding hydrogens is 275 g/mol. The molecule has 116 valence electrons. The zero-order valence-corrected chi connectivity index (χ0v) is 12.1. The van der Waals surface area contributed by atoms with E-state index in [4.69, 9.17) is 9.84 Å². The number of likely N-dealkylation sites (tertiary alicyclic amines) is 1. The van der Waals surface area contributed by atoms with Crippen LogP contribution in [0.1, 0.15) is 19.8 Å². The van der Waals surface area contributed by atoms with E-state index < -0.39 is 5.82 Å². The van der Waals surface area contributed by atoms with Gasteiger partial charge in [-0.05, 0) is 37.8 Å². The zero-order valence-electron chi connectivity index (χ0n) is 12.1. The van der Waals surface area contributed by atoms with Gasteiger partial charge >= 0.3 is 6.03 Å². The Kier molecular flexibility index (Phi) is 5.38. The molecule has 0 spiro atoms. The molecule has 2 rings (SSSR count). The maximum absolute atomic E-state index is 13.2. The first-order chi connectivity index (χ1) is 10.1. The Morgan fingerprint density at radius 1 is 1.48 bits per heavy atom. The van der Waals surface area contributed by atoms with E-state index in [9.17, 15) is 9.18 Å². The first-order valence-corrected chi connectivity index (χ1v) is 7.23. The van der Waals surface area contributed by atoms with Crippen LogP contribution in [0.25, 0.3) is 0 Å². The molecule has 1 fully saturated rings. The maximum atomic E-state index is 13.2. The Bertz CT molecular complexity index is 488. The molecule has 6 heteroatoms. The fourth-order valence-corrected chi connectivity index (χ4v) is 2.39. The van der Waals surface area contributed by atoms with Crippen LogP contribution in [0.15, 0.2) is 18.2 Å². The fourth-order valence-electron chi connectivity index (χ4n) is 2.39. The Morgan fingerprint density at radius 2 is 2.19 bits per heavy atom. The second kappa shape index (κ2) is 7.26. The van der Waals surface area contributed by atoms with Gasteiger partial charge in [0.2, 0.25) is 0 Å². The lowest BCUT2D eigenvalue weighted by Gasteiger charge is -2.31. The number of rotatable bonds is 4. The van der Waals surface area contributed by atoms with Crippen LogP contribution in [0, 0.1) is 11.7 Å². The lowest BCUT2D eigenvalue weighted by Crippen LogP contribution is -2.41. The van der Waals surface area contributed by atoms with Crippen molar-refractivity contribution in [1.29, 1.82) is 0 Å². The number of aliphatic hydroxyl groups excluding tert-OH is 1. The molecule has 1 aliphatic heterocycles. The molecule has 21 heavy (non-hydrogen) atoms. The number of benzene rings is 1. The van der Waals surface area contributed by atoms with Crippen molar-refractivity contribution in [3.8, 4) is 5.75 Å². The standard InChI is InChI=1S/C15H21FN2O3/c1-2-21-14-9-12(16)3-4-13(14)17-15(20)18-7-5-11(10-19)6-8-18/h3-4,9,11,19H,2,5-8,10H2,1H3,(H,17,20). The van der Waals surface area contributed by atoms with Crippen LogP contribution >= 0.6 is 0 Å². The second-order valence-corrected chi connectivity index (χ2v) is 5.12. The summed E-state index contributed by atoms with van der Waals surface area (Å²) in [6.45, 7) is 3.59. The van der Waals surface area contributed by atoms with Gasteiger partial charge in [0.25, 0.3) is 0 Å². The highest BCUT2D eigenvalue weighted by atomic mass is 19.1. The summed E-state index contributed by atoms with van der Waals surface area (Å²) in [4.78, 5) is 13.9. The highest BCUT2D eigenvalue weighted by Gasteiger charge is 2.22. The minimum atomic E-state index is -0.403. The molecule has 1 heterocycles. The number of nitrogens with one attached hydrogen (secondary N) is 1. The smallest absolute Gasteiger partial charge is 0.321 e. The molecule has 0 aromatic heterocycles. The van der Waals surface area contributed by atoms with Crippen LogP contribution in [-0.2, 0) is 0 Å². The first kappa shape index (κ1) is 15.6.